The van der Waals surface area contributed by atoms with Gasteiger partial charge in [-0.1, -0.05) is 6.08 Å². The van der Waals surface area contributed by atoms with E-state index in [9.17, 15) is 9.59 Å². The van der Waals surface area contributed by atoms with E-state index in [2.05, 4.69) is 6.08 Å². The van der Waals surface area contributed by atoms with E-state index >= 15 is 0 Å². The van der Waals surface area contributed by atoms with Crippen molar-refractivity contribution in [3.05, 3.63) is 23.4 Å². The molecule has 3 aliphatic rings. The lowest BCUT2D eigenvalue weighted by Crippen LogP contribution is -2.43. The summed E-state index contributed by atoms with van der Waals surface area (Å²) in [5.41, 5.74) is 1.39. The Morgan fingerprint density at radius 3 is 2.70 bits per heavy atom. The molecule has 2 aliphatic carbocycles. The van der Waals surface area contributed by atoms with Crippen molar-refractivity contribution < 1.29 is 14.3 Å². The van der Waals surface area contributed by atoms with E-state index < -0.39 is 11.7 Å². The highest BCUT2D eigenvalue weighted by Crippen LogP contribution is 2.52. The maximum atomic E-state index is 12.9. The van der Waals surface area contributed by atoms with Gasteiger partial charge in [0, 0.05) is 31.8 Å². The van der Waals surface area contributed by atoms with E-state index in [0.29, 0.717) is 5.92 Å². The minimum atomic E-state index is -0.608. The summed E-state index contributed by atoms with van der Waals surface area (Å²) in [6.45, 7) is 5.48. The molecule has 5 nitrogen and oxygen atoms in total. The van der Waals surface area contributed by atoms with E-state index in [-0.39, 0.29) is 17.9 Å². The first-order chi connectivity index (χ1) is 10.7. The molecule has 2 amide bonds. The number of rotatable bonds is 1. The number of allylic oxidation sites excluding steroid dienone is 1. The van der Waals surface area contributed by atoms with Gasteiger partial charge in [-0.25, -0.2) is 9.69 Å². The van der Waals surface area contributed by atoms with Crippen molar-refractivity contribution >= 4 is 12.0 Å². The van der Waals surface area contributed by atoms with E-state index in [1.807, 2.05) is 46.0 Å². The van der Waals surface area contributed by atoms with Gasteiger partial charge in [-0.3, -0.25) is 4.79 Å². The largest absolute Gasteiger partial charge is 0.443 e. The van der Waals surface area contributed by atoms with Crippen LogP contribution in [0.25, 0.3) is 0 Å². The number of likely N-dealkylation sites (tertiary alicyclic amines) is 1. The zero-order valence-electron chi connectivity index (χ0n) is 14.6. The summed E-state index contributed by atoms with van der Waals surface area (Å²) in [7, 11) is 3.81. The lowest BCUT2D eigenvalue weighted by atomic mass is 9.96. The molecule has 0 radical (unpaired) electrons. The number of nitrogens with zero attached hydrogens (tertiary/aromatic N) is 2. The van der Waals surface area contributed by atoms with Crippen LogP contribution in [0.15, 0.2) is 23.4 Å². The summed E-state index contributed by atoms with van der Waals surface area (Å²) in [5.74, 6) is 0.414. The molecule has 0 aromatic carbocycles. The van der Waals surface area contributed by atoms with Crippen LogP contribution in [0.5, 0.6) is 0 Å². The zero-order chi connectivity index (χ0) is 16.9. The molecular formula is C18H26N2O3. The van der Waals surface area contributed by atoms with E-state index in [1.165, 1.54) is 10.5 Å². The molecule has 3 atom stereocenters. The highest BCUT2D eigenvalue weighted by Gasteiger charge is 2.56. The first-order valence-electron chi connectivity index (χ1n) is 8.33. The average Bonchev–Trinajstić information content (AvgIpc) is 3.01. The lowest BCUT2D eigenvalue weighted by Gasteiger charge is -2.27. The standard InChI is InChI=1S/C18H26N2O3/c1-18(2,3)23-17(22)20-15-12-8-6-7-11(12)9-13(15)14(16(20)21)10-19(4)5/h8,10-11,13,15H,6-7,9H2,1-5H3/b14-10+/t11-,13+,15+/m0/s1. The molecule has 1 heterocycles. The quantitative estimate of drug-likeness (QED) is 0.551. The van der Waals surface area contributed by atoms with E-state index in [4.69, 9.17) is 4.74 Å². The molecule has 0 bridgehead atoms. The fourth-order valence-corrected chi connectivity index (χ4v) is 4.06. The summed E-state index contributed by atoms with van der Waals surface area (Å²) < 4.78 is 5.50. The monoisotopic (exact) mass is 318 g/mol. The maximum Gasteiger partial charge on any atom is 0.417 e. The Morgan fingerprint density at radius 2 is 2.09 bits per heavy atom. The summed E-state index contributed by atoms with van der Waals surface area (Å²) in [4.78, 5) is 28.8. The predicted octanol–water partition coefficient (Wildman–Crippen LogP) is 2.93. The number of imide groups is 1. The molecule has 1 saturated heterocycles. The van der Waals surface area contributed by atoms with Gasteiger partial charge < -0.3 is 9.64 Å². The minimum absolute atomic E-state index is 0.106. The number of carbonyl (C=O) groups is 2. The summed E-state index contributed by atoms with van der Waals surface area (Å²) in [5, 5.41) is 0. The van der Waals surface area contributed by atoms with Crippen LogP contribution >= 0.6 is 0 Å². The molecule has 1 saturated carbocycles. The Hall–Kier alpha value is -1.78. The Labute approximate surface area is 138 Å². The molecule has 126 valence electrons. The van der Waals surface area contributed by atoms with Crippen molar-refractivity contribution in [2.24, 2.45) is 11.8 Å². The first-order valence-corrected chi connectivity index (χ1v) is 8.33. The van der Waals surface area contributed by atoms with Crippen molar-refractivity contribution in [2.75, 3.05) is 14.1 Å². The van der Waals surface area contributed by atoms with Gasteiger partial charge >= 0.3 is 6.09 Å². The first kappa shape index (κ1) is 16.1. The number of fused-ring (bicyclic) bond motifs is 3. The van der Waals surface area contributed by atoms with Crippen molar-refractivity contribution in [2.45, 2.75) is 51.7 Å². The van der Waals surface area contributed by atoms with Crippen LogP contribution in [0.2, 0.25) is 0 Å². The second-order valence-electron chi connectivity index (χ2n) is 7.97. The maximum absolute atomic E-state index is 12.9. The number of ether oxygens (including phenoxy) is 1. The van der Waals surface area contributed by atoms with Gasteiger partial charge in [-0.2, -0.15) is 0 Å². The molecule has 23 heavy (non-hydrogen) atoms. The molecule has 1 aliphatic heterocycles. The Bertz CT molecular complexity index is 598. The third-order valence-corrected chi connectivity index (χ3v) is 4.76. The van der Waals surface area contributed by atoms with E-state index in [0.717, 1.165) is 24.8 Å². The molecular weight excluding hydrogens is 292 g/mol. The fourth-order valence-electron chi connectivity index (χ4n) is 4.06. The highest BCUT2D eigenvalue weighted by atomic mass is 16.6. The fraction of sp³-hybridized carbons (Fsp3) is 0.667. The summed E-state index contributed by atoms with van der Waals surface area (Å²) in [6.07, 6.45) is 6.71. The zero-order valence-corrected chi connectivity index (χ0v) is 14.6. The third kappa shape index (κ3) is 2.77. The molecule has 0 aromatic rings. The van der Waals surface area contributed by atoms with Crippen molar-refractivity contribution in [1.82, 2.24) is 9.80 Å². The number of carbonyl (C=O) groups excluding carboxylic acids is 2. The average molecular weight is 318 g/mol. The normalized spacial score (nSPS) is 31.3. The molecule has 3 rings (SSSR count). The number of amides is 2. The number of hydrogen-bond donors (Lipinski definition) is 0. The second kappa shape index (κ2) is 5.39. The predicted molar refractivity (Wildman–Crippen MR) is 87.6 cm³/mol. The minimum Gasteiger partial charge on any atom is -0.443 e. The molecule has 0 aromatic heterocycles. The van der Waals surface area contributed by atoms with Crippen molar-refractivity contribution in [3.63, 3.8) is 0 Å². The van der Waals surface area contributed by atoms with Crippen LogP contribution in [-0.4, -0.2) is 47.5 Å². The Balaban J connectivity index is 1.97. The summed E-state index contributed by atoms with van der Waals surface area (Å²) >= 11 is 0. The van der Waals surface area contributed by atoms with Crippen LogP contribution in [0.4, 0.5) is 4.79 Å². The molecule has 2 fully saturated rings. The third-order valence-electron chi connectivity index (χ3n) is 4.76. The Kier molecular flexibility index (Phi) is 3.77. The van der Waals surface area contributed by atoms with Gasteiger partial charge in [0.25, 0.3) is 5.91 Å². The number of hydrogen-bond acceptors (Lipinski definition) is 4. The van der Waals surface area contributed by atoms with Gasteiger partial charge in [0.05, 0.1) is 6.04 Å². The smallest absolute Gasteiger partial charge is 0.417 e. The van der Waals surface area contributed by atoms with Gasteiger partial charge in [-0.15, -0.1) is 0 Å². The molecule has 0 spiro atoms. The molecule has 0 unspecified atom stereocenters. The lowest BCUT2D eigenvalue weighted by molar-refractivity contribution is -0.125. The summed E-state index contributed by atoms with van der Waals surface area (Å²) in [6, 6.07) is -0.143. The van der Waals surface area contributed by atoms with Crippen LogP contribution < -0.4 is 0 Å². The van der Waals surface area contributed by atoms with Crippen molar-refractivity contribution in [1.29, 1.82) is 0 Å². The second-order valence-corrected chi connectivity index (χ2v) is 7.97. The van der Waals surface area contributed by atoms with Crippen LogP contribution in [-0.2, 0) is 9.53 Å². The topological polar surface area (TPSA) is 49.9 Å². The SMILES string of the molecule is CN(C)/C=C1/C(=O)N(C(=O)OC(C)(C)C)[C@@H]2C3=CCC[C@H]3C[C@H]12. The molecule has 0 N–H and O–H groups in total. The van der Waals surface area contributed by atoms with E-state index in [1.54, 1.807) is 0 Å². The van der Waals surface area contributed by atoms with Crippen molar-refractivity contribution in [3.8, 4) is 0 Å². The Morgan fingerprint density at radius 1 is 1.39 bits per heavy atom. The highest BCUT2D eigenvalue weighted by molar-refractivity contribution is 6.06. The van der Waals surface area contributed by atoms with Gasteiger partial charge in [0.1, 0.15) is 5.60 Å². The van der Waals surface area contributed by atoms with Gasteiger partial charge in [-0.05, 0) is 51.5 Å². The van der Waals surface area contributed by atoms with Gasteiger partial charge in [0.15, 0.2) is 0 Å². The molecule has 5 heteroatoms. The van der Waals surface area contributed by atoms with Crippen LogP contribution in [0, 0.1) is 11.8 Å². The van der Waals surface area contributed by atoms with Gasteiger partial charge in [0.2, 0.25) is 0 Å². The van der Waals surface area contributed by atoms with Crippen LogP contribution in [0.3, 0.4) is 0 Å². The van der Waals surface area contributed by atoms with Crippen LogP contribution in [0.1, 0.15) is 40.0 Å².